The normalized spacial score (nSPS) is 26.6. The maximum absolute atomic E-state index is 13.0. The summed E-state index contributed by atoms with van der Waals surface area (Å²) in [5.41, 5.74) is -0.626. The maximum atomic E-state index is 13.0. The van der Waals surface area contributed by atoms with Crippen molar-refractivity contribution in [3.8, 4) is 0 Å². The van der Waals surface area contributed by atoms with Gasteiger partial charge < -0.3 is 21.1 Å². The molecule has 8 heteroatoms. The number of hydrogen-bond acceptors (Lipinski definition) is 5. The predicted molar refractivity (Wildman–Crippen MR) is 88.6 cm³/mol. The Kier molecular flexibility index (Phi) is 4.63. The number of likely N-dealkylation sites (N-methyl/N-ethyl adjacent to an activating group) is 1. The lowest BCUT2D eigenvalue weighted by Gasteiger charge is -2.42. The van der Waals surface area contributed by atoms with E-state index in [9.17, 15) is 19.1 Å². The monoisotopic (exact) mass is 348 g/mol. The molecule has 7 nitrogen and oxygen atoms in total. The van der Waals surface area contributed by atoms with Crippen LogP contribution >= 0.6 is 0 Å². The number of benzene rings is 1. The molecule has 3 rings (SSSR count). The van der Waals surface area contributed by atoms with E-state index < -0.39 is 23.2 Å². The highest BCUT2D eigenvalue weighted by molar-refractivity contribution is 5.99. The Morgan fingerprint density at radius 3 is 2.76 bits per heavy atom. The number of likely N-dealkylation sites (tertiary alicyclic amines) is 1. The van der Waals surface area contributed by atoms with Crippen molar-refractivity contribution < 1.29 is 19.1 Å². The van der Waals surface area contributed by atoms with E-state index in [0.717, 1.165) is 31.1 Å². The second-order valence-corrected chi connectivity index (χ2v) is 6.38. The largest absolute Gasteiger partial charge is 0.502 e. The summed E-state index contributed by atoms with van der Waals surface area (Å²) in [6, 6.07) is 5.56. The van der Waals surface area contributed by atoms with Gasteiger partial charge in [-0.05, 0) is 44.1 Å². The van der Waals surface area contributed by atoms with Gasteiger partial charge in [0.1, 0.15) is 5.82 Å². The van der Waals surface area contributed by atoms with Gasteiger partial charge in [0.05, 0.1) is 6.04 Å². The van der Waals surface area contributed by atoms with Gasteiger partial charge in [0, 0.05) is 12.7 Å². The summed E-state index contributed by atoms with van der Waals surface area (Å²) in [6.45, 7) is 1.01. The van der Waals surface area contributed by atoms with Gasteiger partial charge in [0.2, 0.25) is 5.66 Å². The van der Waals surface area contributed by atoms with Crippen molar-refractivity contribution in [2.24, 2.45) is 0 Å². The van der Waals surface area contributed by atoms with Gasteiger partial charge in [-0.3, -0.25) is 14.5 Å². The van der Waals surface area contributed by atoms with Crippen LogP contribution in [0.15, 0.2) is 36.2 Å². The third-order valence-corrected chi connectivity index (χ3v) is 4.72. The third-order valence-electron chi connectivity index (χ3n) is 4.72. The van der Waals surface area contributed by atoms with Gasteiger partial charge in [0.15, 0.2) is 5.76 Å². The summed E-state index contributed by atoms with van der Waals surface area (Å²) in [7, 11) is 1.89. The lowest BCUT2D eigenvalue weighted by atomic mass is 9.94. The Hall–Kier alpha value is -2.61. The summed E-state index contributed by atoms with van der Waals surface area (Å²) in [5, 5.41) is 17.8. The molecular weight excluding hydrogens is 327 g/mol. The highest BCUT2D eigenvalue weighted by atomic mass is 19.1. The molecule has 2 heterocycles. The maximum Gasteiger partial charge on any atom is 0.289 e. The van der Waals surface area contributed by atoms with Crippen LogP contribution in [0, 0.1) is 5.82 Å². The van der Waals surface area contributed by atoms with Crippen LogP contribution in [0.5, 0.6) is 0 Å². The quantitative estimate of drug-likeness (QED) is 0.630. The Bertz CT molecular complexity index is 706. The second kappa shape index (κ2) is 6.72. The lowest BCUT2D eigenvalue weighted by Crippen LogP contribution is -2.75. The molecule has 1 fully saturated rings. The van der Waals surface area contributed by atoms with E-state index in [2.05, 4.69) is 16.0 Å². The van der Waals surface area contributed by atoms with Crippen LogP contribution in [0.2, 0.25) is 0 Å². The van der Waals surface area contributed by atoms with Crippen LogP contribution < -0.4 is 16.0 Å². The predicted octanol–water partition coefficient (Wildman–Crippen LogP) is 0.351. The van der Waals surface area contributed by atoms with Crippen molar-refractivity contribution in [1.29, 1.82) is 0 Å². The standard InChI is InChI=1S/C17H21FN4O3/c1-22-8-2-3-14(22)17(20-10-13(23)15(24)21-17)16(25)19-9-11-4-6-12(18)7-5-11/h4-7,10,14,20,23H,2-3,8-9H2,1H3,(H,19,25)(H,21,24). The zero-order chi connectivity index (χ0) is 18.0. The summed E-state index contributed by atoms with van der Waals surface area (Å²) in [5.74, 6) is -1.92. The molecule has 2 amide bonds. The number of aliphatic hydroxyl groups is 1. The Labute approximate surface area is 144 Å². The SMILES string of the molecule is CN1CCCC1C1(C(=O)NCc2ccc(F)cc2)NC=C(O)C(=O)N1. The first-order valence-corrected chi connectivity index (χ1v) is 8.15. The first kappa shape index (κ1) is 17.2. The number of amides is 2. The molecule has 2 aliphatic heterocycles. The van der Waals surface area contributed by atoms with E-state index >= 15 is 0 Å². The molecule has 1 aromatic carbocycles. The molecule has 2 aliphatic rings. The number of aliphatic hydroxyl groups excluding tert-OH is 1. The molecule has 25 heavy (non-hydrogen) atoms. The van der Waals surface area contributed by atoms with Crippen LogP contribution in [0.4, 0.5) is 4.39 Å². The van der Waals surface area contributed by atoms with E-state index in [-0.39, 0.29) is 18.4 Å². The lowest BCUT2D eigenvalue weighted by molar-refractivity contribution is -0.138. The van der Waals surface area contributed by atoms with Crippen molar-refractivity contribution in [3.63, 3.8) is 0 Å². The number of carbonyl (C=O) groups is 2. The van der Waals surface area contributed by atoms with Crippen LogP contribution in [-0.4, -0.2) is 47.1 Å². The number of hydrogen-bond donors (Lipinski definition) is 4. The minimum Gasteiger partial charge on any atom is -0.502 e. The van der Waals surface area contributed by atoms with E-state index in [1.54, 1.807) is 12.1 Å². The number of halogens is 1. The van der Waals surface area contributed by atoms with Crippen LogP contribution in [0.1, 0.15) is 18.4 Å². The van der Waals surface area contributed by atoms with Gasteiger partial charge in [-0.15, -0.1) is 0 Å². The molecule has 1 saturated heterocycles. The van der Waals surface area contributed by atoms with Gasteiger partial charge in [-0.25, -0.2) is 4.39 Å². The average molecular weight is 348 g/mol. The Balaban J connectivity index is 1.80. The van der Waals surface area contributed by atoms with E-state index in [0.29, 0.717) is 0 Å². The highest BCUT2D eigenvalue weighted by Crippen LogP contribution is 2.26. The summed E-state index contributed by atoms with van der Waals surface area (Å²) >= 11 is 0. The number of rotatable bonds is 4. The summed E-state index contributed by atoms with van der Waals surface area (Å²) in [6.07, 6.45) is 2.78. The molecule has 0 aliphatic carbocycles. The molecule has 0 radical (unpaired) electrons. The minimum atomic E-state index is -1.37. The van der Waals surface area contributed by atoms with Crippen molar-refractivity contribution in [3.05, 3.63) is 47.6 Å². The third kappa shape index (κ3) is 3.30. The van der Waals surface area contributed by atoms with Gasteiger partial charge in [-0.2, -0.15) is 0 Å². The molecule has 0 aromatic heterocycles. The van der Waals surface area contributed by atoms with E-state index in [1.807, 2.05) is 11.9 Å². The fourth-order valence-electron chi connectivity index (χ4n) is 3.36. The van der Waals surface area contributed by atoms with Crippen molar-refractivity contribution in [2.75, 3.05) is 13.6 Å². The van der Waals surface area contributed by atoms with E-state index in [4.69, 9.17) is 0 Å². The number of nitrogens with zero attached hydrogens (tertiary/aromatic N) is 1. The highest BCUT2D eigenvalue weighted by Gasteiger charge is 2.51. The number of carbonyl (C=O) groups excluding carboxylic acids is 2. The first-order chi connectivity index (χ1) is 11.9. The molecular formula is C17H21FN4O3. The van der Waals surface area contributed by atoms with Crippen LogP contribution in [0.25, 0.3) is 0 Å². The van der Waals surface area contributed by atoms with Crippen LogP contribution in [0.3, 0.4) is 0 Å². The Morgan fingerprint density at radius 2 is 2.16 bits per heavy atom. The number of nitrogens with one attached hydrogen (secondary N) is 3. The van der Waals surface area contributed by atoms with Gasteiger partial charge in [-0.1, -0.05) is 12.1 Å². The minimum absolute atomic E-state index is 0.199. The zero-order valence-electron chi connectivity index (χ0n) is 13.9. The molecule has 4 N–H and O–H groups in total. The van der Waals surface area contributed by atoms with Gasteiger partial charge in [0.25, 0.3) is 11.8 Å². The summed E-state index contributed by atoms with van der Waals surface area (Å²) < 4.78 is 13.0. The smallest absolute Gasteiger partial charge is 0.289 e. The molecule has 0 spiro atoms. The second-order valence-electron chi connectivity index (χ2n) is 6.38. The summed E-state index contributed by atoms with van der Waals surface area (Å²) in [4.78, 5) is 26.9. The molecule has 2 unspecified atom stereocenters. The molecule has 2 atom stereocenters. The molecule has 1 aromatic rings. The van der Waals surface area contributed by atoms with Crippen molar-refractivity contribution in [2.45, 2.75) is 31.1 Å². The fourth-order valence-corrected chi connectivity index (χ4v) is 3.36. The van der Waals surface area contributed by atoms with E-state index in [1.165, 1.54) is 12.1 Å². The molecule has 0 saturated carbocycles. The topological polar surface area (TPSA) is 93.7 Å². The van der Waals surface area contributed by atoms with Gasteiger partial charge >= 0.3 is 0 Å². The molecule has 134 valence electrons. The van der Waals surface area contributed by atoms with Crippen LogP contribution in [-0.2, 0) is 16.1 Å². The fraction of sp³-hybridized carbons (Fsp3) is 0.412. The Morgan fingerprint density at radius 1 is 1.44 bits per heavy atom. The molecule has 0 bridgehead atoms. The first-order valence-electron chi connectivity index (χ1n) is 8.15. The van der Waals surface area contributed by atoms with Crippen molar-refractivity contribution >= 4 is 11.8 Å². The average Bonchev–Trinajstić information content (AvgIpc) is 3.03. The zero-order valence-corrected chi connectivity index (χ0v) is 13.9. The van der Waals surface area contributed by atoms with Crippen molar-refractivity contribution in [1.82, 2.24) is 20.9 Å².